The molecule has 5 nitrogen and oxygen atoms in total. The van der Waals surface area contributed by atoms with Crippen molar-refractivity contribution in [3.05, 3.63) is 17.9 Å². The maximum atomic E-state index is 12.3. The van der Waals surface area contributed by atoms with Crippen LogP contribution in [0.15, 0.2) is 21.6 Å². The minimum atomic E-state index is -3.43. The Morgan fingerprint density at radius 1 is 1.24 bits per heavy atom. The van der Waals surface area contributed by atoms with E-state index in [-0.39, 0.29) is 5.09 Å². The van der Waals surface area contributed by atoms with Crippen molar-refractivity contribution in [1.29, 1.82) is 0 Å². The molecular formula is C14H21NO4S2. The minimum absolute atomic E-state index is 0.0807. The molecule has 1 aromatic rings. The maximum Gasteiger partial charge on any atom is 0.276 e. The molecule has 1 aromatic heterocycles. The Morgan fingerprint density at radius 2 is 2.05 bits per heavy atom. The highest BCUT2D eigenvalue weighted by Gasteiger charge is 2.29. The SMILES string of the molecule is O=S(=O)(c1ccc(CSC[C@@H]2CCCO2)o1)N1CCCC1. The summed E-state index contributed by atoms with van der Waals surface area (Å²) in [6.45, 7) is 2.07. The van der Waals surface area contributed by atoms with E-state index in [4.69, 9.17) is 9.15 Å². The third-order valence-electron chi connectivity index (χ3n) is 3.87. The van der Waals surface area contributed by atoms with Crippen molar-refractivity contribution in [3.63, 3.8) is 0 Å². The Labute approximate surface area is 130 Å². The molecule has 2 fully saturated rings. The van der Waals surface area contributed by atoms with Gasteiger partial charge < -0.3 is 9.15 Å². The third kappa shape index (κ3) is 3.64. The second kappa shape index (κ2) is 6.73. The summed E-state index contributed by atoms with van der Waals surface area (Å²) in [6.07, 6.45) is 4.48. The average molecular weight is 331 g/mol. The Kier molecular flexibility index (Phi) is 4.93. The van der Waals surface area contributed by atoms with Gasteiger partial charge in [-0.25, -0.2) is 8.42 Å². The van der Waals surface area contributed by atoms with Crippen molar-refractivity contribution in [2.24, 2.45) is 0 Å². The van der Waals surface area contributed by atoms with Crippen molar-refractivity contribution >= 4 is 21.8 Å². The third-order valence-corrected chi connectivity index (χ3v) is 6.74. The van der Waals surface area contributed by atoms with Gasteiger partial charge in [0.1, 0.15) is 5.76 Å². The number of hydrogen-bond acceptors (Lipinski definition) is 5. The van der Waals surface area contributed by atoms with Crippen molar-refractivity contribution in [2.45, 2.75) is 42.6 Å². The second-order valence-corrected chi connectivity index (χ2v) is 8.38. The maximum absolute atomic E-state index is 12.3. The molecule has 3 rings (SSSR count). The smallest absolute Gasteiger partial charge is 0.276 e. The zero-order valence-electron chi connectivity index (χ0n) is 12.0. The Bertz CT molecular complexity index is 557. The van der Waals surface area contributed by atoms with Crippen LogP contribution in [-0.4, -0.2) is 44.3 Å². The molecule has 0 bridgehead atoms. The first-order chi connectivity index (χ1) is 10.2. The number of sulfonamides is 1. The molecule has 0 radical (unpaired) electrons. The van der Waals surface area contributed by atoms with Crippen LogP contribution in [0.3, 0.4) is 0 Å². The van der Waals surface area contributed by atoms with E-state index in [1.54, 1.807) is 23.9 Å². The van der Waals surface area contributed by atoms with Crippen molar-refractivity contribution in [1.82, 2.24) is 4.31 Å². The lowest BCUT2D eigenvalue weighted by Crippen LogP contribution is -2.27. The predicted octanol–water partition coefficient (Wildman–Crippen LogP) is 2.48. The van der Waals surface area contributed by atoms with E-state index in [0.29, 0.717) is 24.9 Å². The molecule has 2 aliphatic heterocycles. The van der Waals surface area contributed by atoms with E-state index in [0.717, 1.165) is 43.8 Å². The number of furan rings is 1. The summed E-state index contributed by atoms with van der Waals surface area (Å²) in [5, 5.41) is 0.0807. The molecule has 3 heterocycles. The van der Waals surface area contributed by atoms with Crippen molar-refractivity contribution < 1.29 is 17.6 Å². The second-order valence-electron chi connectivity index (χ2n) is 5.48. The van der Waals surface area contributed by atoms with E-state index >= 15 is 0 Å². The van der Waals surface area contributed by atoms with Gasteiger partial charge in [-0.05, 0) is 37.8 Å². The summed E-state index contributed by atoms with van der Waals surface area (Å²) < 4.78 is 37.3. The first kappa shape index (κ1) is 15.4. The number of hydrogen-bond donors (Lipinski definition) is 0. The van der Waals surface area contributed by atoms with E-state index in [1.807, 2.05) is 0 Å². The Morgan fingerprint density at radius 3 is 2.76 bits per heavy atom. The zero-order chi connectivity index (χ0) is 14.7. The summed E-state index contributed by atoms with van der Waals surface area (Å²) in [6, 6.07) is 3.35. The predicted molar refractivity (Wildman–Crippen MR) is 81.8 cm³/mol. The van der Waals surface area contributed by atoms with Crippen molar-refractivity contribution in [3.8, 4) is 0 Å². The van der Waals surface area contributed by atoms with Gasteiger partial charge in [-0.15, -0.1) is 0 Å². The average Bonchev–Trinajstić information content (AvgIpc) is 3.22. The molecule has 7 heteroatoms. The quantitative estimate of drug-likeness (QED) is 0.801. The highest BCUT2D eigenvalue weighted by atomic mass is 32.2. The number of rotatable bonds is 6. The number of thioether (sulfide) groups is 1. The van der Waals surface area contributed by atoms with Gasteiger partial charge >= 0.3 is 0 Å². The van der Waals surface area contributed by atoms with Gasteiger partial charge in [-0.2, -0.15) is 16.1 Å². The molecule has 21 heavy (non-hydrogen) atoms. The lowest BCUT2D eigenvalue weighted by atomic mass is 10.3. The molecule has 2 saturated heterocycles. The number of ether oxygens (including phenoxy) is 1. The highest BCUT2D eigenvalue weighted by molar-refractivity contribution is 7.98. The lowest BCUT2D eigenvalue weighted by Gasteiger charge is -2.12. The fourth-order valence-corrected chi connectivity index (χ4v) is 5.14. The Hall–Kier alpha value is -0.500. The van der Waals surface area contributed by atoms with Crippen LogP contribution < -0.4 is 0 Å². The first-order valence-electron chi connectivity index (χ1n) is 7.44. The molecule has 118 valence electrons. The summed E-state index contributed by atoms with van der Waals surface area (Å²) in [5.41, 5.74) is 0. The summed E-state index contributed by atoms with van der Waals surface area (Å²) >= 11 is 1.73. The van der Waals surface area contributed by atoms with Crippen LogP contribution in [0.5, 0.6) is 0 Å². The fraction of sp³-hybridized carbons (Fsp3) is 0.714. The standard InChI is InChI=1S/C14H21NO4S2/c16-21(17,15-7-1-2-8-15)14-6-5-13(19-14)11-20-10-12-4-3-9-18-12/h5-6,12H,1-4,7-11H2/t12-/m0/s1. The van der Waals surface area contributed by atoms with Crippen LogP contribution in [0.2, 0.25) is 0 Å². The van der Waals surface area contributed by atoms with E-state index < -0.39 is 10.0 Å². The Balaban J connectivity index is 1.55. The fourth-order valence-electron chi connectivity index (χ4n) is 2.70. The molecule has 0 aromatic carbocycles. The van der Waals surface area contributed by atoms with E-state index in [9.17, 15) is 8.42 Å². The van der Waals surface area contributed by atoms with E-state index in [1.165, 1.54) is 4.31 Å². The molecule has 2 aliphatic rings. The monoisotopic (exact) mass is 331 g/mol. The zero-order valence-corrected chi connectivity index (χ0v) is 13.6. The first-order valence-corrected chi connectivity index (χ1v) is 10.0. The molecule has 0 N–H and O–H groups in total. The van der Waals surface area contributed by atoms with E-state index in [2.05, 4.69) is 0 Å². The molecular weight excluding hydrogens is 310 g/mol. The molecule has 0 saturated carbocycles. The summed E-state index contributed by atoms with van der Waals surface area (Å²) in [4.78, 5) is 0. The van der Waals surface area contributed by atoms with Gasteiger partial charge in [-0.1, -0.05) is 0 Å². The molecule has 0 unspecified atom stereocenters. The largest absolute Gasteiger partial charge is 0.447 e. The summed E-state index contributed by atoms with van der Waals surface area (Å²) in [7, 11) is -3.43. The highest BCUT2D eigenvalue weighted by Crippen LogP contribution is 2.25. The van der Waals surface area contributed by atoms with Crippen LogP contribution in [0.1, 0.15) is 31.4 Å². The molecule has 0 amide bonds. The molecule has 0 aliphatic carbocycles. The minimum Gasteiger partial charge on any atom is -0.447 e. The van der Waals surface area contributed by atoms with Gasteiger partial charge in [-0.3, -0.25) is 0 Å². The van der Waals surface area contributed by atoms with Gasteiger partial charge in [0.2, 0.25) is 5.09 Å². The molecule has 1 atom stereocenters. The van der Waals surface area contributed by atoms with Gasteiger partial charge in [0.25, 0.3) is 10.0 Å². The van der Waals surface area contributed by atoms with Crippen LogP contribution in [0, 0.1) is 0 Å². The van der Waals surface area contributed by atoms with Crippen molar-refractivity contribution in [2.75, 3.05) is 25.4 Å². The van der Waals surface area contributed by atoms with Gasteiger partial charge in [0, 0.05) is 25.4 Å². The normalized spacial score (nSPS) is 23.9. The lowest BCUT2D eigenvalue weighted by molar-refractivity contribution is 0.129. The number of nitrogens with zero attached hydrogens (tertiary/aromatic N) is 1. The van der Waals surface area contributed by atoms with Crippen LogP contribution in [0.25, 0.3) is 0 Å². The van der Waals surface area contributed by atoms with Gasteiger partial charge in [0.15, 0.2) is 0 Å². The molecule has 0 spiro atoms. The summed E-state index contributed by atoms with van der Waals surface area (Å²) in [5.74, 6) is 2.35. The van der Waals surface area contributed by atoms with Crippen LogP contribution in [-0.2, 0) is 20.5 Å². The van der Waals surface area contributed by atoms with Gasteiger partial charge in [0.05, 0.1) is 11.9 Å². The van der Waals surface area contributed by atoms with Crippen LogP contribution in [0.4, 0.5) is 0 Å². The van der Waals surface area contributed by atoms with Crippen LogP contribution >= 0.6 is 11.8 Å². The topological polar surface area (TPSA) is 59.8 Å².